The molecule has 10 heteroatoms. The van der Waals surface area contributed by atoms with Crippen molar-refractivity contribution in [3.8, 4) is 0 Å². The van der Waals surface area contributed by atoms with Gasteiger partial charge in [-0.3, -0.25) is 0 Å². The van der Waals surface area contributed by atoms with Crippen LogP contribution in [0.3, 0.4) is 0 Å². The third-order valence-corrected chi connectivity index (χ3v) is 1.75. The first-order chi connectivity index (χ1) is 6.60. The molecule has 0 heterocycles. The van der Waals surface area contributed by atoms with Gasteiger partial charge in [0.25, 0.3) is 0 Å². The monoisotopic (exact) mass is 256 g/mol. The summed E-state index contributed by atoms with van der Waals surface area (Å²) < 4.78 is 42.3. The van der Waals surface area contributed by atoms with E-state index >= 15 is 0 Å². The molecule has 0 amide bonds. The van der Waals surface area contributed by atoms with Gasteiger partial charge in [0.2, 0.25) is 20.0 Å². The van der Waals surface area contributed by atoms with E-state index in [1.807, 2.05) is 9.66 Å². The molecule has 0 aliphatic rings. The van der Waals surface area contributed by atoms with Gasteiger partial charge in [-0.05, 0) is 0 Å². The van der Waals surface area contributed by atoms with Gasteiger partial charge < -0.3 is 5.43 Å². The second kappa shape index (κ2) is 5.09. The third kappa shape index (κ3) is 10.8. The van der Waals surface area contributed by atoms with E-state index < -0.39 is 20.0 Å². The SMILES string of the molecule is C=C(/C=N/NS(C)(=O)=O)NNS(C)(=O)=O. The number of allylic oxidation sites excluding steroid dienone is 1. The Morgan fingerprint density at radius 3 is 2.13 bits per heavy atom. The van der Waals surface area contributed by atoms with E-state index in [1.54, 1.807) is 0 Å². The molecule has 15 heavy (non-hydrogen) atoms. The van der Waals surface area contributed by atoms with Crippen LogP contribution in [-0.4, -0.2) is 35.6 Å². The number of sulfonamides is 2. The van der Waals surface area contributed by atoms with Gasteiger partial charge in [-0.1, -0.05) is 6.58 Å². The van der Waals surface area contributed by atoms with Gasteiger partial charge >= 0.3 is 0 Å². The van der Waals surface area contributed by atoms with E-state index in [4.69, 9.17) is 0 Å². The average Bonchev–Trinajstić information content (AvgIpc) is 1.97. The van der Waals surface area contributed by atoms with E-state index in [0.717, 1.165) is 18.7 Å². The summed E-state index contributed by atoms with van der Waals surface area (Å²) in [7, 11) is -6.81. The first kappa shape index (κ1) is 13.9. The molecule has 0 radical (unpaired) electrons. The number of hydrazine groups is 1. The minimum Gasteiger partial charge on any atom is -0.307 e. The molecule has 0 aromatic rings. The summed E-state index contributed by atoms with van der Waals surface area (Å²) in [5, 5.41) is 3.28. The van der Waals surface area contributed by atoms with Crippen molar-refractivity contribution in [1.29, 1.82) is 0 Å². The van der Waals surface area contributed by atoms with E-state index in [1.165, 1.54) is 0 Å². The molecule has 8 nitrogen and oxygen atoms in total. The van der Waals surface area contributed by atoms with Gasteiger partial charge in [-0.25, -0.2) is 21.7 Å². The fourth-order valence-electron chi connectivity index (χ4n) is 0.391. The maximum absolute atomic E-state index is 10.6. The predicted octanol–water partition coefficient (Wildman–Crippen LogP) is -1.91. The van der Waals surface area contributed by atoms with Crippen LogP contribution in [0.25, 0.3) is 0 Å². The summed E-state index contributed by atoms with van der Waals surface area (Å²) in [6.07, 6.45) is 2.88. The third-order valence-electron chi connectivity index (χ3n) is 0.836. The van der Waals surface area contributed by atoms with Crippen molar-refractivity contribution in [2.45, 2.75) is 0 Å². The van der Waals surface area contributed by atoms with Crippen LogP contribution < -0.4 is 15.1 Å². The first-order valence-electron chi connectivity index (χ1n) is 3.52. The van der Waals surface area contributed by atoms with E-state index in [0.29, 0.717) is 0 Å². The second-order valence-electron chi connectivity index (χ2n) is 2.65. The maximum Gasteiger partial charge on any atom is 0.244 e. The number of nitrogens with one attached hydrogen (secondary N) is 3. The minimum atomic E-state index is -3.42. The molecule has 0 unspecified atom stereocenters. The topological polar surface area (TPSA) is 117 Å². The van der Waals surface area contributed by atoms with Gasteiger partial charge in [-0.15, -0.1) is 4.83 Å². The molecular weight excluding hydrogens is 244 g/mol. The standard InChI is InChI=1S/C5H12N4O4S2/c1-5(7-9-15(3,12)13)4-6-8-14(2,10)11/h4,7-9H,1H2,2-3H3/b6-4+. The van der Waals surface area contributed by atoms with Crippen molar-refractivity contribution >= 4 is 26.3 Å². The highest BCUT2D eigenvalue weighted by Gasteiger charge is 1.99. The zero-order valence-corrected chi connectivity index (χ0v) is 9.81. The van der Waals surface area contributed by atoms with Crippen molar-refractivity contribution in [3.05, 3.63) is 12.3 Å². The second-order valence-corrected chi connectivity index (χ2v) is 6.12. The zero-order chi connectivity index (χ0) is 12.1. The molecule has 0 atom stereocenters. The van der Waals surface area contributed by atoms with Crippen molar-refractivity contribution < 1.29 is 16.8 Å². The largest absolute Gasteiger partial charge is 0.307 e. The highest BCUT2D eigenvalue weighted by Crippen LogP contribution is 1.78. The van der Waals surface area contributed by atoms with Gasteiger partial charge in [-0.2, -0.15) is 5.10 Å². The molecule has 0 saturated carbocycles. The van der Waals surface area contributed by atoms with Crippen LogP contribution in [0.5, 0.6) is 0 Å². The van der Waals surface area contributed by atoms with Crippen LogP contribution in [0.15, 0.2) is 17.4 Å². The quantitative estimate of drug-likeness (QED) is 0.378. The number of hydrazone groups is 1. The molecule has 0 aromatic carbocycles. The number of nitrogens with zero attached hydrogens (tertiary/aromatic N) is 1. The molecule has 0 rings (SSSR count). The van der Waals surface area contributed by atoms with Gasteiger partial charge in [0.1, 0.15) is 0 Å². The van der Waals surface area contributed by atoms with Crippen LogP contribution >= 0.6 is 0 Å². The summed E-state index contributed by atoms with van der Waals surface area (Å²) in [5.74, 6) is 0. The predicted molar refractivity (Wildman–Crippen MR) is 56.7 cm³/mol. The summed E-state index contributed by atoms with van der Waals surface area (Å²) in [6.45, 7) is 3.36. The van der Waals surface area contributed by atoms with Crippen molar-refractivity contribution in [3.63, 3.8) is 0 Å². The first-order valence-corrected chi connectivity index (χ1v) is 7.30. The fourth-order valence-corrected chi connectivity index (χ4v) is 0.951. The smallest absolute Gasteiger partial charge is 0.244 e. The lowest BCUT2D eigenvalue weighted by Crippen LogP contribution is -2.36. The highest BCUT2D eigenvalue weighted by molar-refractivity contribution is 7.88. The zero-order valence-electron chi connectivity index (χ0n) is 8.18. The van der Waals surface area contributed by atoms with E-state index in [-0.39, 0.29) is 5.70 Å². The summed E-state index contributed by atoms with van der Waals surface area (Å²) in [4.78, 5) is 3.74. The highest BCUT2D eigenvalue weighted by atomic mass is 32.2. The van der Waals surface area contributed by atoms with Crippen LogP contribution in [0.2, 0.25) is 0 Å². The van der Waals surface area contributed by atoms with Gasteiger partial charge in [0, 0.05) is 0 Å². The average molecular weight is 256 g/mol. The molecule has 3 N–H and O–H groups in total. The Balaban J connectivity index is 4.06. The lowest BCUT2D eigenvalue weighted by molar-refractivity contribution is 0.579. The molecule has 0 aliphatic carbocycles. The van der Waals surface area contributed by atoms with Crippen LogP contribution in [0, 0.1) is 0 Å². The Morgan fingerprint density at radius 2 is 1.73 bits per heavy atom. The Hall–Kier alpha value is -1.13. The molecular formula is C5H12N4O4S2. The van der Waals surface area contributed by atoms with E-state index in [2.05, 4.69) is 17.1 Å². The summed E-state index contributed by atoms with van der Waals surface area (Å²) in [5.41, 5.74) is 2.27. The summed E-state index contributed by atoms with van der Waals surface area (Å²) >= 11 is 0. The van der Waals surface area contributed by atoms with Crippen LogP contribution in [0.1, 0.15) is 0 Å². The number of hydrogen-bond donors (Lipinski definition) is 3. The Bertz CT molecular complexity index is 449. The molecule has 0 spiro atoms. The lowest BCUT2D eigenvalue weighted by atomic mass is 10.6. The molecule has 0 fully saturated rings. The molecule has 0 bridgehead atoms. The lowest BCUT2D eigenvalue weighted by Gasteiger charge is -2.04. The minimum absolute atomic E-state index is 0.0802. The van der Waals surface area contributed by atoms with Crippen molar-refractivity contribution in [2.75, 3.05) is 12.5 Å². The van der Waals surface area contributed by atoms with Crippen molar-refractivity contribution in [1.82, 2.24) is 15.1 Å². The normalized spacial score (nSPS) is 12.7. The van der Waals surface area contributed by atoms with E-state index in [9.17, 15) is 16.8 Å². The fraction of sp³-hybridized carbons (Fsp3) is 0.400. The molecule has 0 aromatic heterocycles. The molecule has 88 valence electrons. The Morgan fingerprint density at radius 1 is 1.20 bits per heavy atom. The Labute approximate surface area is 88.5 Å². The van der Waals surface area contributed by atoms with Crippen molar-refractivity contribution in [2.24, 2.45) is 5.10 Å². The van der Waals surface area contributed by atoms with Gasteiger partial charge in [0.05, 0.1) is 24.4 Å². The molecule has 0 saturated heterocycles. The summed E-state index contributed by atoms with van der Waals surface area (Å²) in [6, 6.07) is 0. The Kier molecular flexibility index (Phi) is 4.71. The number of rotatable bonds is 6. The van der Waals surface area contributed by atoms with Crippen LogP contribution in [-0.2, 0) is 20.0 Å². The number of hydrogen-bond acceptors (Lipinski definition) is 6. The van der Waals surface area contributed by atoms with Crippen LogP contribution in [0.4, 0.5) is 0 Å². The molecule has 0 aliphatic heterocycles. The van der Waals surface area contributed by atoms with Gasteiger partial charge in [0.15, 0.2) is 0 Å². The maximum atomic E-state index is 10.6.